The van der Waals surface area contributed by atoms with Gasteiger partial charge in [0.15, 0.2) is 0 Å². The predicted octanol–water partition coefficient (Wildman–Crippen LogP) is 3.16. The first kappa shape index (κ1) is 17.6. The van der Waals surface area contributed by atoms with Gasteiger partial charge in [-0.05, 0) is 42.8 Å². The highest BCUT2D eigenvalue weighted by Gasteiger charge is 2.17. The van der Waals surface area contributed by atoms with Crippen LogP contribution < -0.4 is 14.5 Å². The quantitative estimate of drug-likeness (QED) is 0.861. The third kappa shape index (κ3) is 4.66. The first-order valence-corrected chi connectivity index (χ1v) is 10.4. The number of hydrogen-bond acceptors (Lipinski definition) is 4. The van der Waals surface area contributed by atoms with E-state index in [-0.39, 0.29) is 5.75 Å². The van der Waals surface area contributed by atoms with E-state index < -0.39 is 10.0 Å². The van der Waals surface area contributed by atoms with E-state index in [1.165, 1.54) is 5.69 Å². The number of nitrogens with one attached hydrogen (secondary N) is 1. The lowest BCUT2D eigenvalue weighted by atomic mass is 10.2. The number of sulfonamides is 1. The van der Waals surface area contributed by atoms with E-state index in [1.807, 2.05) is 37.3 Å². The van der Waals surface area contributed by atoms with Crippen LogP contribution in [0.1, 0.15) is 13.3 Å². The maximum atomic E-state index is 11.8. The van der Waals surface area contributed by atoms with Crippen LogP contribution >= 0.6 is 0 Å². The second-order valence-corrected chi connectivity index (χ2v) is 8.12. The van der Waals surface area contributed by atoms with Crippen LogP contribution in [-0.2, 0) is 10.0 Å². The lowest BCUT2D eigenvalue weighted by Gasteiger charge is -2.37. The highest BCUT2D eigenvalue weighted by atomic mass is 32.2. The Kier molecular flexibility index (Phi) is 5.48. The van der Waals surface area contributed by atoms with E-state index in [0.29, 0.717) is 12.1 Å². The monoisotopic (exact) mass is 359 g/mol. The van der Waals surface area contributed by atoms with Crippen LogP contribution in [0.25, 0.3) is 0 Å². The molecule has 0 amide bonds. The van der Waals surface area contributed by atoms with Crippen molar-refractivity contribution < 1.29 is 8.42 Å². The molecule has 1 aliphatic rings. The van der Waals surface area contributed by atoms with E-state index in [4.69, 9.17) is 0 Å². The molecule has 1 fully saturated rings. The fraction of sp³-hybridized carbons (Fsp3) is 0.368. The van der Waals surface area contributed by atoms with Gasteiger partial charge in [-0.3, -0.25) is 4.72 Å². The smallest absolute Gasteiger partial charge is 0.232 e. The topological polar surface area (TPSA) is 52.7 Å². The zero-order valence-electron chi connectivity index (χ0n) is 14.6. The Hall–Kier alpha value is -2.21. The molecule has 0 atom stereocenters. The summed E-state index contributed by atoms with van der Waals surface area (Å²) in [6.45, 7) is 5.73. The minimum Gasteiger partial charge on any atom is -0.368 e. The number of rotatable bonds is 6. The van der Waals surface area contributed by atoms with Crippen molar-refractivity contribution in [3.8, 4) is 0 Å². The minimum absolute atomic E-state index is 0.149. The number of hydrogen-bond donors (Lipinski definition) is 1. The highest BCUT2D eigenvalue weighted by molar-refractivity contribution is 7.92. The largest absolute Gasteiger partial charge is 0.368 e. The van der Waals surface area contributed by atoms with Crippen LogP contribution in [0.4, 0.5) is 17.1 Å². The number of nitrogens with zero attached hydrogens (tertiary/aromatic N) is 2. The van der Waals surface area contributed by atoms with Gasteiger partial charge in [-0.15, -0.1) is 0 Å². The number of benzene rings is 2. The van der Waals surface area contributed by atoms with Crippen LogP contribution in [0.15, 0.2) is 54.6 Å². The zero-order chi connectivity index (χ0) is 17.7. The van der Waals surface area contributed by atoms with Gasteiger partial charge in [0.2, 0.25) is 10.0 Å². The third-order valence-corrected chi connectivity index (χ3v) is 5.87. The fourth-order valence-electron chi connectivity index (χ4n) is 3.10. The molecule has 0 unspecified atom stereocenters. The first-order valence-electron chi connectivity index (χ1n) is 8.73. The number of piperazine rings is 1. The summed E-state index contributed by atoms with van der Waals surface area (Å²) in [5.74, 6) is 0.149. The van der Waals surface area contributed by atoms with Crippen molar-refractivity contribution >= 4 is 27.1 Å². The van der Waals surface area contributed by atoms with Gasteiger partial charge >= 0.3 is 0 Å². The molecule has 0 spiro atoms. The molecule has 2 aromatic rings. The predicted molar refractivity (Wildman–Crippen MR) is 105 cm³/mol. The molecule has 0 saturated carbocycles. The number of para-hydroxylation sites is 1. The summed E-state index contributed by atoms with van der Waals surface area (Å²) in [7, 11) is -3.23. The maximum Gasteiger partial charge on any atom is 0.232 e. The second-order valence-electron chi connectivity index (χ2n) is 6.28. The zero-order valence-corrected chi connectivity index (χ0v) is 15.4. The van der Waals surface area contributed by atoms with Gasteiger partial charge in [-0.25, -0.2) is 8.42 Å². The molecule has 0 aliphatic carbocycles. The molecule has 6 heteroatoms. The molecule has 0 aromatic heterocycles. The Balaban J connectivity index is 1.59. The summed E-state index contributed by atoms with van der Waals surface area (Å²) in [5, 5.41) is 0. The molecule has 0 bridgehead atoms. The molecule has 3 rings (SSSR count). The normalized spacial score (nSPS) is 15.2. The van der Waals surface area contributed by atoms with E-state index in [2.05, 4.69) is 38.8 Å². The summed E-state index contributed by atoms with van der Waals surface area (Å²) in [4.78, 5) is 4.73. The summed E-state index contributed by atoms with van der Waals surface area (Å²) < 4.78 is 26.3. The Labute approximate surface area is 150 Å². The summed E-state index contributed by atoms with van der Waals surface area (Å²) in [5.41, 5.74) is 3.02. The standard InChI is InChI=1S/C19H25N3O2S/c1-2-16-25(23,24)20-17-8-10-19(11-9-17)22-14-12-21(13-15-22)18-6-4-3-5-7-18/h3-11,20H,2,12-16H2,1H3. The van der Waals surface area contributed by atoms with Crippen LogP contribution in [0.5, 0.6) is 0 Å². The maximum absolute atomic E-state index is 11.8. The fourth-order valence-corrected chi connectivity index (χ4v) is 4.24. The van der Waals surface area contributed by atoms with E-state index in [0.717, 1.165) is 31.9 Å². The van der Waals surface area contributed by atoms with Crippen LogP contribution in [-0.4, -0.2) is 40.3 Å². The van der Waals surface area contributed by atoms with Gasteiger partial charge in [-0.2, -0.15) is 0 Å². The Morgan fingerprint density at radius 1 is 0.840 bits per heavy atom. The summed E-state index contributed by atoms with van der Waals surface area (Å²) >= 11 is 0. The lowest BCUT2D eigenvalue weighted by Crippen LogP contribution is -2.46. The van der Waals surface area contributed by atoms with Crippen molar-refractivity contribution in [1.29, 1.82) is 0 Å². The van der Waals surface area contributed by atoms with Crippen molar-refractivity contribution in [3.63, 3.8) is 0 Å². The van der Waals surface area contributed by atoms with Crippen molar-refractivity contribution in [2.45, 2.75) is 13.3 Å². The van der Waals surface area contributed by atoms with E-state index >= 15 is 0 Å². The average Bonchev–Trinajstić information content (AvgIpc) is 2.63. The van der Waals surface area contributed by atoms with Crippen molar-refractivity contribution in [1.82, 2.24) is 0 Å². The molecule has 1 N–H and O–H groups in total. The number of anilines is 3. The minimum atomic E-state index is -3.23. The molecule has 25 heavy (non-hydrogen) atoms. The molecule has 134 valence electrons. The van der Waals surface area contributed by atoms with Gasteiger partial charge in [0.25, 0.3) is 0 Å². The van der Waals surface area contributed by atoms with Gasteiger partial charge in [0.1, 0.15) is 0 Å². The average molecular weight is 359 g/mol. The van der Waals surface area contributed by atoms with Crippen LogP contribution in [0, 0.1) is 0 Å². The Bertz CT molecular complexity index is 768. The molecule has 0 radical (unpaired) electrons. The Morgan fingerprint density at radius 2 is 1.36 bits per heavy atom. The molecule has 5 nitrogen and oxygen atoms in total. The van der Waals surface area contributed by atoms with Crippen molar-refractivity contribution in [2.24, 2.45) is 0 Å². The summed E-state index contributed by atoms with van der Waals surface area (Å²) in [6, 6.07) is 18.1. The van der Waals surface area contributed by atoms with E-state index in [9.17, 15) is 8.42 Å². The second kappa shape index (κ2) is 7.78. The molecule has 1 heterocycles. The van der Waals surface area contributed by atoms with Gasteiger partial charge in [0, 0.05) is 43.2 Å². The molecule has 1 saturated heterocycles. The van der Waals surface area contributed by atoms with Crippen LogP contribution in [0.2, 0.25) is 0 Å². The molecule has 2 aromatic carbocycles. The SMILES string of the molecule is CCCS(=O)(=O)Nc1ccc(N2CCN(c3ccccc3)CC2)cc1. The van der Waals surface area contributed by atoms with Crippen molar-refractivity contribution in [2.75, 3.05) is 46.5 Å². The molecular weight excluding hydrogens is 334 g/mol. The van der Waals surface area contributed by atoms with Gasteiger partial charge < -0.3 is 9.80 Å². The Morgan fingerprint density at radius 3 is 1.88 bits per heavy atom. The highest BCUT2D eigenvalue weighted by Crippen LogP contribution is 2.22. The first-order chi connectivity index (χ1) is 12.1. The van der Waals surface area contributed by atoms with Gasteiger partial charge in [-0.1, -0.05) is 25.1 Å². The summed E-state index contributed by atoms with van der Waals surface area (Å²) in [6.07, 6.45) is 0.610. The molecular formula is C19H25N3O2S. The van der Waals surface area contributed by atoms with E-state index in [1.54, 1.807) is 0 Å². The lowest BCUT2D eigenvalue weighted by molar-refractivity contribution is 0.600. The third-order valence-electron chi connectivity index (χ3n) is 4.38. The van der Waals surface area contributed by atoms with Crippen LogP contribution in [0.3, 0.4) is 0 Å². The molecule has 1 aliphatic heterocycles. The van der Waals surface area contributed by atoms with Gasteiger partial charge in [0.05, 0.1) is 5.75 Å². The van der Waals surface area contributed by atoms with Crippen molar-refractivity contribution in [3.05, 3.63) is 54.6 Å².